The first-order valence-corrected chi connectivity index (χ1v) is 11.6. The van der Waals surface area contributed by atoms with Crippen LogP contribution in [0.4, 0.5) is 5.69 Å². The van der Waals surface area contributed by atoms with Crippen molar-refractivity contribution in [1.29, 1.82) is 0 Å². The lowest BCUT2D eigenvalue weighted by Crippen LogP contribution is -2.47. The number of nitrogens with one attached hydrogen (secondary N) is 1. The Morgan fingerprint density at radius 1 is 1.10 bits per heavy atom. The van der Waals surface area contributed by atoms with Crippen molar-refractivity contribution in [3.05, 3.63) is 29.8 Å². The molecule has 1 aliphatic carbocycles. The molecule has 2 fully saturated rings. The van der Waals surface area contributed by atoms with E-state index in [1.807, 2.05) is 26.0 Å². The summed E-state index contributed by atoms with van der Waals surface area (Å²) in [5.41, 5.74) is 7.38. The maximum absolute atomic E-state index is 12.3. The second-order valence-corrected chi connectivity index (χ2v) is 9.18. The normalized spacial score (nSPS) is 22.9. The zero-order valence-corrected chi connectivity index (χ0v) is 18.6. The summed E-state index contributed by atoms with van der Waals surface area (Å²) >= 11 is 0. The lowest BCUT2D eigenvalue weighted by molar-refractivity contribution is -0.120. The first-order chi connectivity index (χ1) is 14.5. The summed E-state index contributed by atoms with van der Waals surface area (Å²) in [6, 6.07) is 8.43. The molecule has 0 atom stereocenters. The zero-order chi connectivity index (χ0) is 21.5. The molecule has 3 rings (SSSR count). The summed E-state index contributed by atoms with van der Waals surface area (Å²) in [5.74, 6) is 0.986. The number of anilines is 1. The highest BCUT2D eigenvalue weighted by Crippen LogP contribution is 2.27. The summed E-state index contributed by atoms with van der Waals surface area (Å²) in [5, 5.41) is 3.03. The molecular formula is C24H38N4O2. The van der Waals surface area contributed by atoms with Crippen LogP contribution in [0.3, 0.4) is 0 Å². The molecule has 1 heterocycles. The quantitative estimate of drug-likeness (QED) is 0.640. The summed E-state index contributed by atoms with van der Waals surface area (Å²) in [6.45, 7) is 9.32. The predicted molar refractivity (Wildman–Crippen MR) is 122 cm³/mol. The molecule has 6 heteroatoms. The molecule has 1 saturated carbocycles. The number of Topliss-reactive ketones (excluding diaryl/α,β-unsaturated/α-hetero) is 1. The Balaban J connectivity index is 1.39. The van der Waals surface area contributed by atoms with Gasteiger partial charge in [0.05, 0.1) is 6.54 Å². The summed E-state index contributed by atoms with van der Waals surface area (Å²) in [4.78, 5) is 28.7. The van der Waals surface area contributed by atoms with Crippen molar-refractivity contribution < 1.29 is 9.59 Å². The number of amides is 1. The lowest BCUT2D eigenvalue weighted by atomic mass is 9.84. The highest BCUT2D eigenvalue weighted by atomic mass is 16.2. The minimum absolute atomic E-state index is 0.0316. The van der Waals surface area contributed by atoms with Crippen molar-refractivity contribution in [2.75, 3.05) is 44.2 Å². The summed E-state index contributed by atoms with van der Waals surface area (Å²) in [6.07, 6.45) is 5.81. The van der Waals surface area contributed by atoms with Gasteiger partial charge >= 0.3 is 0 Å². The smallest absolute Gasteiger partial charge is 0.233 e. The number of hydrogen-bond donors (Lipinski definition) is 2. The Morgan fingerprint density at radius 3 is 2.43 bits per heavy atom. The van der Waals surface area contributed by atoms with Crippen LogP contribution in [0.5, 0.6) is 0 Å². The molecule has 0 bridgehead atoms. The van der Waals surface area contributed by atoms with Gasteiger partial charge in [0, 0.05) is 49.4 Å². The minimum atomic E-state index is -0.0320. The zero-order valence-electron chi connectivity index (χ0n) is 18.6. The Morgan fingerprint density at radius 2 is 1.80 bits per heavy atom. The van der Waals surface area contributed by atoms with Crippen molar-refractivity contribution in [3.63, 3.8) is 0 Å². The van der Waals surface area contributed by atoms with E-state index in [4.69, 9.17) is 5.73 Å². The van der Waals surface area contributed by atoms with Crippen LogP contribution in [-0.2, 0) is 4.79 Å². The number of rotatable bonds is 8. The molecule has 0 spiro atoms. The van der Waals surface area contributed by atoms with Crippen molar-refractivity contribution in [2.45, 2.75) is 52.0 Å². The van der Waals surface area contributed by atoms with Gasteiger partial charge in [0.1, 0.15) is 0 Å². The second-order valence-electron chi connectivity index (χ2n) is 9.18. The Kier molecular flexibility index (Phi) is 8.28. The molecule has 0 unspecified atom stereocenters. The number of ketones is 1. The van der Waals surface area contributed by atoms with Crippen LogP contribution in [0.15, 0.2) is 24.3 Å². The molecule has 1 amide bonds. The molecule has 1 aromatic carbocycles. The third-order valence-electron chi connectivity index (χ3n) is 6.64. The van der Waals surface area contributed by atoms with Crippen LogP contribution in [0, 0.1) is 11.8 Å². The van der Waals surface area contributed by atoms with Crippen molar-refractivity contribution in [1.82, 2.24) is 10.2 Å². The highest BCUT2D eigenvalue weighted by Gasteiger charge is 2.24. The van der Waals surface area contributed by atoms with E-state index in [-0.39, 0.29) is 24.2 Å². The number of benzene rings is 1. The molecule has 2 aliphatic rings. The molecule has 6 nitrogen and oxygen atoms in total. The minimum Gasteiger partial charge on any atom is -0.369 e. The molecule has 30 heavy (non-hydrogen) atoms. The Hall–Kier alpha value is -1.92. The fourth-order valence-corrected chi connectivity index (χ4v) is 4.67. The van der Waals surface area contributed by atoms with Gasteiger partial charge in [0.15, 0.2) is 5.78 Å². The lowest BCUT2D eigenvalue weighted by Gasteiger charge is -2.37. The third kappa shape index (κ3) is 6.29. The van der Waals surface area contributed by atoms with Gasteiger partial charge in [-0.1, -0.05) is 26.0 Å². The average molecular weight is 415 g/mol. The Labute approximate surface area is 181 Å². The third-order valence-corrected chi connectivity index (χ3v) is 6.64. The first-order valence-electron chi connectivity index (χ1n) is 11.6. The summed E-state index contributed by atoms with van der Waals surface area (Å²) < 4.78 is 0. The van der Waals surface area contributed by atoms with Gasteiger partial charge in [0.25, 0.3) is 0 Å². The molecule has 3 N–H and O–H groups in total. The van der Waals surface area contributed by atoms with E-state index in [1.165, 1.54) is 24.9 Å². The van der Waals surface area contributed by atoms with Gasteiger partial charge < -0.3 is 16.0 Å². The number of piperazine rings is 1. The largest absolute Gasteiger partial charge is 0.369 e. The molecule has 1 aromatic rings. The van der Waals surface area contributed by atoms with E-state index in [9.17, 15) is 9.59 Å². The molecular weight excluding hydrogens is 376 g/mol. The first kappa shape index (κ1) is 22.8. The van der Waals surface area contributed by atoms with Gasteiger partial charge in [-0.15, -0.1) is 0 Å². The number of hydrogen-bond acceptors (Lipinski definition) is 5. The standard InChI is InChI=1S/C24H38N4O2/c1-18(2)24(30)20-4-3-5-22(16-20)28-14-12-27(13-15-28)11-10-19-6-8-21(9-7-19)26-23(29)17-25/h3-5,16,18-19,21H,6-15,17,25H2,1-2H3,(H,26,29)/t19-,21-. The molecule has 166 valence electrons. The van der Waals surface area contributed by atoms with E-state index >= 15 is 0 Å². The highest BCUT2D eigenvalue weighted by molar-refractivity contribution is 5.98. The fraction of sp³-hybridized carbons (Fsp3) is 0.667. The van der Waals surface area contributed by atoms with Crippen molar-refractivity contribution in [3.8, 4) is 0 Å². The maximum atomic E-state index is 12.3. The predicted octanol–water partition coefficient (Wildman–Crippen LogP) is 2.67. The van der Waals surface area contributed by atoms with Crippen LogP contribution in [0.25, 0.3) is 0 Å². The van der Waals surface area contributed by atoms with Crippen LogP contribution >= 0.6 is 0 Å². The molecule has 1 aliphatic heterocycles. The van der Waals surface area contributed by atoms with Gasteiger partial charge in [0.2, 0.25) is 5.91 Å². The molecule has 0 radical (unpaired) electrons. The van der Waals surface area contributed by atoms with Crippen LogP contribution in [0.1, 0.15) is 56.3 Å². The van der Waals surface area contributed by atoms with Gasteiger partial charge in [-0.2, -0.15) is 0 Å². The van der Waals surface area contributed by atoms with Crippen LogP contribution < -0.4 is 16.0 Å². The van der Waals surface area contributed by atoms with E-state index in [0.717, 1.165) is 57.0 Å². The fourth-order valence-electron chi connectivity index (χ4n) is 4.67. The number of nitrogens with two attached hydrogens (primary N) is 1. The SMILES string of the molecule is CC(C)C(=O)c1cccc(N2CCN(CC[C@H]3CC[C@H](NC(=O)CN)CC3)CC2)c1. The van der Waals surface area contributed by atoms with Crippen LogP contribution in [-0.4, -0.2) is 61.9 Å². The maximum Gasteiger partial charge on any atom is 0.233 e. The summed E-state index contributed by atoms with van der Waals surface area (Å²) in [7, 11) is 0. The van der Waals surface area contributed by atoms with Gasteiger partial charge in [-0.3, -0.25) is 14.5 Å². The van der Waals surface area contributed by atoms with Gasteiger partial charge in [-0.25, -0.2) is 0 Å². The van der Waals surface area contributed by atoms with Crippen LogP contribution in [0.2, 0.25) is 0 Å². The second kappa shape index (κ2) is 10.9. The van der Waals surface area contributed by atoms with Gasteiger partial charge in [-0.05, 0) is 56.7 Å². The molecule has 1 saturated heterocycles. The van der Waals surface area contributed by atoms with E-state index < -0.39 is 0 Å². The average Bonchev–Trinajstić information content (AvgIpc) is 2.78. The Bertz CT molecular complexity index is 705. The topological polar surface area (TPSA) is 78.7 Å². The van der Waals surface area contributed by atoms with Crippen molar-refractivity contribution in [2.24, 2.45) is 17.6 Å². The number of nitrogens with zero attached hydrogens (tertiary/aromatic N) is 2. The van der Waals surface area contributed by atoms with Crippen molar-refractivity contribution >= 4 is 17.4 Å². The van der Waals surface area contributed by atoms with E-state index in [1.54, 1.807) is 0 Å². The number of carbonyl (C=O) groups is 2. The monoisotopic (exact) mass is 414 g/mol. The number of carbonyl (C=O) groups excluding carboxylic acids is 2. The van der Waals surface area contributed by atoms with E-state index in [0.29, 0.717) is 6.04 Å². The van der Waals surface area contributed by atoms with E-state index in [2.05, 4.69) is 27.2 Å². The molecule has 0 aromatic heterocycles.